The Morgan fingerprint density at radius 1 is 1.48 bits per heavy atom. The van der Waals surface area contributed by atoms with Gasteiger partial charge in [-0.15, -0.1) is 11.8 Å². The Morgan fingerprint density at radius 3 is 3.09 bits per heavy atom. The Kier molecular flexibility index (Phi) is 4.73. The number of aromatic nitrogens is 1. The molecule has 1 aliphatic heterocycles. The maximum atomic E-state index is 12.4. The van der Waals surface area contributed by atoms with Gasteiger partial charge in [-0.2, -0.15) is 0 Å². The molecular formula is C16H16ClN3O2S. The van der Waals surface area contributed by atoms with E-state index < -0.39 is 6.04 Å². The highest BCUT2D eigenvalue weighted by Crippen LogP contribution is 2.26. The Hall–Kier alpha value is -1.79. The maximum absolute atomic E-state index is 12.4. The van der Waals surface area contributed by atoms with Crippen LogP contribution in [-0.4, -0.2) is 46.1 Å². The van der Waals surface area contributed by atoms with E-state index in [9.17, 15) is 9.59 Å². The van der Waals surface area contributed by atoms with E-state index in [1.807, 2.05) is 24.4 Å². The lowest BCUT2D eigenvalue weighted by molar-refractivity contribution is -0.136. The van der Waals surface area contributed by atoms with Crippen LogP contribution in [0.5, 0.6) is 0 Å². The second-order valence-corrected chi connectivity index (χ2v) is 6.82. The summed E-state index contributed by atoms with van der Waals surface area (Å²) in [4.78, 5) is 32.4. The van der Waals surface area contributed by atoms with Crippen LogP contribution in [0.2, 0.25) is 5.02 Å². The normalized spacial score (nSPS) is 17.6. The lowest BCUT2D eigenvalue weighted by Gasteiger charge is -2.21. The number of hydrogen-bond acceptors (Lipinski definition) is 3. The topological polar surface area (TPSA) is 65.5 Å². The van der Waals surface area contributed by atoms with Crippen molar-refractivity contribution in [3.05, 3.63) is 35.0 Å². The van der Waals surface area contributed by atoms with Gasteiger partial charge in [0.05, 0.1) is 5.88 Å². The molecule has 3 rings (SSSR count). The van der Waals surface area contributed by atoms with E-state index in [0.717, 1.165) is 16.5 Å². The molecule has 1 saturated heterocycles. The van der Waals surface area contributed by atoms with Crippen LogP contribution in [0.15, 0.2) is 29.4 Å². The highest BCUT2D eigenvalue weighted by atomic mass is 35.5. The van der Waals surface area contributed by atoms with Crippen molar-refractivity contribution < 1.29 is 9.59 Å². The maximum Gasteiger partial charge on any atom is 0.268 e. The molecule has 0 radical (unpaired) electrons. The summed E-state index contributed by atoms with van der Waals surface area (Å²) in [5, 5.41) is 1.70. The van der Waals surface area contributed by atoms with Gasteiger partial charge < -0.3 is 9.88 Å². The minimum Gasteiger partial charge on any atom is -0.361 e. The van der Waals surface area contributed by atoms with Crippen molar-refractivity contribution in [3.63, 3.8) is 0 Å². The molecule has 1 N–H and O–H groups in total. The molecule has 0 bridgehead atoms. The van der Waals surface area contributed by atoms with Crippen LogP contribution >= 0.6 is 23.4 Å². The van der Waals surface area contributed by atoms with Gasteiger partial charge in [-0.3, -0.25) is 9.59 Å². The third-order valence-electron chi connectivity index (χ3n) is 3.98. The van der Waals surface area contributed by atoms with E-state index in [1.165, 1.54) is 0 Å². The number of nitrogens with one attached hydrogen (secondary N) is 1. The fourth-order valence-corrected chi connectivity index (χ4v) is 4.09. The second-order valence-electron chi connectivity index (χ2n) is 5.38. The van der Waals surface area contributed by atoms with Gasteiger partial charge >= 0.3 is 0 Å². The summed E-state index contributed by atoms with van der Waals surface area (Å²) < 4.78 is 0. The minimum atomic E-state index is -0.470. The van der Waals surface area contributed by atoms with Crippen LogP contribution in [0.1, 0.15) is 12.0 Å². The number of thioether (sulfide) groups is 1. The van der Waals surface area contributed by atoms with Gasteiger partial charge in [-0.25, -0.2) is 4.99 Å². The number of halogens is 1. The van der Waals surface area contributed by atoms with Gasteiger partial charge in [0.15, 0.2) is 0 Å². The monoisotopic (exact) mass is 349 g/mol. The number of aliphatic imine (C=N–C) groups is 1. The Bertz CT molecular complexity index is 774. The Morgan fingerprint density at radius 2 is 2.30 bits per heavy atom. The Labute approximate surface area is 143 Å². The van der Waals surface area contributed by atoms with Crippen molar-refractivity contribution in [2.45, 2.75) is 18.9 Å². The number of aryl methyl sites for hydroxylation is 1. The first-order valence-corrected chi connectivity index (χ1v) is 8.76. The van der Waals surface area contributed by atoms with Crippen molar-refractivity contribution in [2.75, 3.05) is 11.6 Å². The van der Waals surface area contributed by atoms with Gasteiger partial charge in [-0.05, 0) is 36.9 Å². The summed E-state index contributed by atoms with van der Waals surface area (Å²) >= 11 is 7.60. The molecule has 1 fully saturated rings. The number of hydrogen-bond donors (Lipinski definition) is 1. The highest BCUT2D eigenvalue weighted by molar-refractivity contribution is 7.99. The minimum absolute atomic E-state index is 0.0339. The molecule has 0 aliphatic carbocycles. The number of benzene rings is 1. The summed E-state index contributed by atoms with van der Waals surface area (Å²) in [6.45, 7) is 3.26. The standard InChI is InChI=1S/C16H16ClN3O2S/c1-18-16(22)14-8-23-9-20(14)15(21)5-2-10-7-19-13-4-3-11(17)6-12(10)13/h3-4,6-7,14,19H,1-2,5,8-9H2/t14-/m0/s1. The quantitative estimate of drug-likeness (QED) is 0.863. The summed E-state index contributed by atoms with van der Waals surface area (Å²) in [6, 6.07) is 5.18. The molecule has 7 heteroatoms. The molecular weight excluding hydrogens is 334 g/mol. The third-order valence-corrected chi connectivity index (χ3v) is 5.23. The molecule has 0 spiro atoms. The molecule has 23 heavy (non-hydrogen) atoms. The largest absolute Gasteiger partial charge is 0.361 e. The van der Waals surface area contributed by atoms with Crippen molar-refractivity contribution in [1.82, 2.24) is 9.88 Å². The number of carbonyl (C=O) groups excluding carboxylic acids is 2. The molecule has 1 aromatic heterocycles. The highest BCUT2D eigenvalue weighted by Gasteiger charge is 2.33. The predicted molar refractivity (Wildman–Crippen MR) is 94.1 cm³/mol. The van der Waals surface area contributed by atoms with E-state index in [-0.39, 0.29) is 11.8 Å². The fraction of sp³-hybridized carbons (Fsp3) is 0.312. The van der Waals surface area contributed by atoms with Crippen molar-refractivity contribution in [2.24, 2.45) is 4.99 Å². The summed E-state index contributed by atoms with van der Waals surface area (Å²) in [6.07, 6.45) is 2.85. The van der Waals surface area contributed by atoms with Crippen LogP contribution in [0.25, 0.3) is 10.9 Å². The molecule has 1 atom stereocenters. The van der Waals surface area contributed by atoms with E-state index >= 15 is 0 Å². The number of amides is 2. The van der Waals surface area contributed by atoms with Crippen molar-refractivity contribution >= 4 is 52.8 Å². The number of fused-ring (bicyclic) bond motifs is 1. The number of H-pyrrole nitrogens is 1. The molecule has 5 nitrogen and oxygen atoms in total. The Balaban J connectivity index is 1.69. The number of aromatic amines is 1. The number of rotatable bonds is 4. The van der Waals surface area contributed by atoms with Crippen LogP contribution in [0, 0.1) is 0 Å². The molecule has 120 valence electrons. The zero-order chi connectivity index (χ0) is 16.4. The average molecular weight is 350 g/mol. The van der Waals surface area contributed by atoms with Crippen LogP contribution in [0.3, 0.4) is 0 Å². The zero-order valence-corrected chi connectivity index (χ0v) is 14.0. The van der Waals surface area contributed by atoms with E-state index in [2.05, 4.69) is 16.7 Å². The first-order valence-electron chi connectivity index (χ1n) is 7.23. The zero-order valence-electron chi connectivity index (χ0n) is 12.4. The summed E-state index contributed by atoms with van der Waals surface area (Å²) in [5.41, 5.74) is 2.05. The van der Waals surface area contributed by atoms with E-state index in [4.69, 9.17) is 11.6 Å². The van der Waals surface area contributed by atoms with Gasteiger partial charge in [0.2, 0.25) is 5.91 Å². The first-order chi connectivity index (χ1) is 11.1. The van der Waals surface area contributed by atoms with E-state index in [1.54, 1.807) is 16.7 Å². The van der Waals surface area contributed by atoms with Gasteiger partial charge in [0, 0.05) is 34.3 Å². The van der Waals surface area contributed by atoms with Crippen molar-refractivity contribution in [1.29, 1.82) is 0 Å². The molecule has 1 aromatic carbocycles. The molecule has 0 saturated carbocycles. The number of carbonyl (C=O) groups is 2. The lowest BCUT2D eigenvalue weighted by Crippen LogP contribution is -2.41. The van der Waals surface area contributed by atoms with Crippen LogP contribution < -0.4 is 0 Å². The summed E-state index contributed by atoms with van der Waals surface area (Å²) in [5.74, 6) is 0.757. The molecule has 1 aliphatic rings. The number of nitrogens with zero attached hydrogens (tertiary/aromatic N) is 2. The van der Waals surface area contributed by atoms with Crippen LogP contribution in [-0.2, 0) is 16.0 Å². The molecule has 2 heterocycles. The van der Waals surface area contributed by atoms with Crippen molar-refractivity contribution in [3.8, 4) is 0 Å². The average Bonchev–Trinajstić information content (AvgIpc) is 3.18. The molecule has 2 amide bonds. The third kappa shape index (κ3) is 3.28. The molecule has 0 unspecified atom stereocenters. The van der Waals surface area contributed by atoms with E-state index in [0.29, 0.717) is 29.5 Å². The lowest BCUT2D eigenvalue weighted by atomic mass is 10.1. The first kappa shape index (κ1) is 16.1. The smallest absolute Gasteiger partial charge is 0.268 e. The second kappa shape index (κ2) is 6.76. The van der Waals surface area contributed by atoms with Gasteiger partial charge in [0.1, 0.15) is 6.04 Å². The van der Waals surface area contributed by atoms with Gasteiger partial charge in [-0.1, -0.05) is 11.6 Å². The SMILES string of the molecule is C=NC(=O)[C@@H]1CSCN1C(=O)CCc1c[nH]c2ccc(Cl)cc12. The predicted octanol–water partition coefficient (Wildman–Crippen LogP) is 2.88. The van der Waals surface area contributed by atoms with Crippen LogP contribution in [0.4, 0.5) is 0 Å². The fourth-order valence-electron chi connectivity index (χ4n) is 2.74. The molecule has 2 aromatic rings. The summed E-state index contributed by atoms with van der Waals surface area (Å²) in [7, 11) is 0. The van der Waals surface area contributed by atoms with Gasteiger partial charge in [0.25, 0.3) is 5.91 Å².